The highest BCUT2D eigenvalue weighted by atomic mass is 14.6. The minimum Gasteiger partial charge on any atom is -0.100 e. The summed E-state index contributed by atoms with van der Waals surface area (Å²) in [6, 6.07) is 0. The molecule has 4 rings (SSSR count). The van der Waals surface area contributed by atoms with Crippen molar-refractivity contribution in [2.45, 2.75) is 73.6 Å². The predicted octanol–water partition coefficient (Wildman–Crippen LogP) is 8.61. The van der Waals surface area contributed by atoms with Crippen LogP contribution in [0.15, 0.2) is 71.9 Å². The van der Waals surface area contributed by atoms with Gasteiger partial charge in [-0.1, -0.05) is 80.5 Å². The Morgan fingerprint density at radius 2 is 1.86 bits per heavy atom. The summed E-state index contributed by atoms with van der Waals surface area (Å²) in [4.78, 5) is 0. The molecule has 4 aliphatic rings. The van der Waals surface area contributed by atoms with Gasteiger partial charge < -0.3 is 0 Å². The maximum absolute atomic E-state index is 4.48. The molecule has 0 nitrogen and oxygen atoms in total. The molecular weight excluding hydrogens is 348 g/mol. The van der Waals surface area contributed by atoms with Gasteiger partial charge in [0.1, 0.15) is 0 Å². The van der Waals surface area contributed by atoms with Gasteiger partial charge in [0.05, 0.1) is 0 Å². The molecule has 6 atom stereocenters. The smallest absolute Gasteiger partial charge is 0.0281 e. The van der Waals surface area contributed by atoms with E-state index in [1.807, 2.05) is 13.8 Å². The molecule has 2 saturated carbocycles. The van der Waals surface area contributed by atoms with Crippen molar-refractivity contribution in [3.8, 4) is 0 Å². The summed E-state index contributed by atoms with van der Waals surface area (Å²) in [5, 5.41) is 0. The first-order valence-electron chi connectivity index (χ1n) is 11.6. The molecule has 0 aromatic rings. The van der Waals surface area contributed by atoms with Gasteiger partial charge in [0.25, 0.3) is 0 Å². The molecule has 0 radical (unpaired) electrons. The number of allylic oxidation sites excluding steroid dienone is 9. The molecule has 2 unspecified atom stereocenters. The first-order chi connectivity index (χ1) is 13.5. The highest BCUT2D eigenvalue weighted by molar-refractivity contribution is 5.50. The first kappa shape index (κ1) is 22.1. The monoisotopic (exact) mass is 390 g/mol. The molecule has 0 spiro atoms. The molecule has 4 aliphatic carbocycles. The Bertz CT molecular complexity index is 796. The summed E-state index contributed by atoms with van der Waals surface area (Å²) in [5.74, 6) is 3.06. The fourth-order valence-electron chi connectivity index (χ4n) is 7.06. The third-order valence-corrected chi connectivity index (χ3v) is 8.28. The molecular formula is C29H42. The second-order valence-corrected chi connectivity index (χ2v) is 10.8. The number of fused-ring (bicyclic) bond motifs is 5. The Morgan fingerprint density at radius 3 is 2.48 bits per heavy atom. The van der Waals surface area contributed by atoms with Crippen molar-refractivity contribution in [3.63, 3.8) is 0 Å². The molecule has 158 valence electrons. The van der Waals surface area contributed by atoms with Crippen LogP contribution in [-0.4, -0.2) is 0 Å². The predicted molar refractivity (Wildman–Crippen MR) is 129 cm³/mol. The largest absolute Gasteiger partial charge is 0.100 e. The van der Waals surface area contributed by atoms with Crippen LogP contribution in [0.1, 0.15) is 73.6 Å². The van der Waals surface area contributed by atoms with E-state index in [1.165, 1.54) is 42.4 Å². The van der Waals surface area contributed by atoms with E-state index in [1.54, 1.807) is 11.1 Å². The second kappa shape index (κ2) is 7.93. The molecule has 0 aromatic heterocycles. The zero-order valence-electron chi connectivity index (χ0n) is 19.8. The highest BCUT2D eigenvalue weighted by Gasteiger charge is 2.57. The molecule has 29 heavy (non-hydrogen) atoms. The Kier molecular flexibility index (Phi) is 6.06. The van der Waals surface area contributed by atoms with E-state index in [2.05, 4.69) is 71.7 Å². The first-order valence-corrected chi connectivity index (χ1v) is 11.6. The lowest BCUT2D eigenvalue weighted by atomic mass is 9.52. The zero-order chi connectivity index (χ0) is 21.6. The van der Waals surface area contributed by atoms with E-state index in [0.717, 1.165) is 24.2 Å². The van der Waals surface area contributed by atoms with Gasteiger partial charge in [0.2, 0.25) is 0 Å². The third-order valence-electron chi connectivity index (χ3n) is 8.28. The summed E-state index contributed by atoms with van der Waals surface area (Å²) in [6.45, 7) is 25.9. The van der Waals surface area contributed by atoms with Gasteiger partial charge in [-0.25, -0.2) is 0 Å². The SMILES string of the molecule is C=C(C)C.C=C1C=C[C@@]2(C)C(=C1)CCC1C2=CC[C@@]2(C)C1C[C@@H](C)[C@@H]2C(=C)CC. The van der Waals surface area contributed by atoms with Gasteiger partial charge in [0, 0.05) is 5.41 Å². The van der Waals surface area contributed by atoms with Crippen molar-refractivity contribution < 1.29 is 0 Å². The molecule has 0 bridgehead atoms. The van der Waals surface area contributed by atoms with E-state index < -0.39 is 0 Å². The molecule has 2 fully saturated rings. The van der Waals surface area contributed by atoms with Gasteiger partial charge in [-0.2, -0.15) is 0 Å². The normalized spacial score (nSPS) is 39.9. The fourth-order valence-corrected chi connectivity index (χ4v) is 7.06. The Balaban J connectivity index is 0.000000552. The molecule has 0 aliphatic heterocycles. The lowest BCUT2D eigenvalue weighted by molar-refractivity contribution is 0.102. The van der Waals surface area contributed by atoms with Gasteiger partial charge in [0.15, 0.2) is 0 Å². The van der Waals surface area contributed by atoms with Crippen LogP contribution in [0.3, 0.4) is 0 Å². The lowest BCUT2D eigenvalue weighted by Crippen LogP contribution is -2.43. The topological polar surface area (TPSA) is 0 Å². The van der Waals surface area contributed by atoms with Crippen molar-refractivity contribution >= 4 is 0 Å². The van der Waals surface area contributed by atoms with Crippen molar-refractivity contribution in [1.82, 2.24) is 0 Å². The van der Waals surface area contributed by atoms with Crippen LogP contribution in [0.25, 0.3) is 0 Å². The average Bonchev–Trinajstić information content (AvgIpc) is 2.91. The number of hydrogen-bond donors (Lipinski definition) is 0. The van der Waals surface area contributed by atoms with Crippen molar-refractivity contribution in [1.29, 1.82) is 0 Å². The molecule has 0 heterocycles. The quantitative estimate of drug-likeness (QED) is 0.414. The minimum atomic E-state index is 0.147. The Labute approximate surface area is 180 Å². The van der Waals surface area contributed by atoms with Crippen LogP contribution in [-0.2, 0) is 0 Å². The number of hydrogen-bond acceptors (Lipinski definition) is 0. The van der Waals surface area contributed by atoms with E-state index >= 15 is 0 Å². The standard InChI is InChI=1S/C25H34.C4H8/c1-7-17(3)23-18(4)15-22-20-9-8-19-14-16(2)10-12-24(19,5)21(20)11-13-25(22,23)6;1-4(2)3/h10-12,14,18,20,22-23H,2-3,7-9,13,15H2,1,4-6H3;1H2,2-3H3/t18-,20?,22?,23+,24+,25+;/m1./s1. The zero-order valence-corrected chi connectivity index (χ0v) is 19.8. The third kappa shape index (κ3) is 3.69. The van der Waals surface area contributed by atoms with Crippen LogP contribution < -0.4 is 0 Å². The maximum atomic E-state index is 4.48. The van der Waals surface area contributed by atoms with Gasteiger partial charge >= 0.3 is 0 Å². The average molecular weight is 391 g/mol. The fraction of sp³-hybridized carbons (Fsp3) is 0.586. The molecule has 0 aromatic carbocycles. The van der Waals surface area contributed by atoms with Crippen LogP contribution in [0.5, 0.6) is 0 Å². The summed E-state index contributed by atoms with van der Waals surface area (Å²) < 4.78 is 0. The Morgan fingerprint density at radius 1 is 1.21 bits per heavy atom. The van der Waals surface area contributed by atoms with Gasteiger partial charge in [-0.05, 0) is 87.5 Å². The minimum absolute atomic E-state index is 0.147. The highest BCUT2D eigenvalue weighted by Crippen LogP contribution is 2.66. The van der Waals surface area contributed by atoms with Crippen molar-refractivity contribution in [2.75, 3.05) is 0 Å². The molecule has 0 N–H and O–H groups in total. The van der Waals surface area contributed by atoms with E-state index in [9.17, 15) is 0 Å². The van der Waals surface area contributed by atoms with Crippen LogP contribution in [0, 0.1) is 34.5 Å². The van der Waals surface area contributed by atoms with E-state index in [4.69, 9.17) is 0 Å². The summed E-state index contributed by atoms with van der Waals surface area (Å²) >= 11 is 0. The maximum Gasteiger partial charge on any atom is 0.0281 e. The van der Waals surface area contributed by atoms with Crippen molar-refractivity contribution in [2.24, 2.45) is 34.5 Å². The molecule has 0 saturated heterocycles. The molecule has 0 heteroatoms. The second-order valence-electron chi connectivity index (χ2n) is 10.8. The van der Waals surface area contributed by atoms with Gasteiger partial charge in [-0.3, -0.25) is 0 Å². The Hall–Kier alpha value is -1.56. The molecule has 0 amide bonds. The lowest BCUT2D eigenvalue weighted by Gasteiger charge is -2.52. The van der Waals surface area contributed by atoms with Crippen LogP contribution >= 0.6 is 0 Å². The van der Waals surface area contributed by atoms with Crippen LogP contribution in [0.4, 0.5) is 0 Å². The summed E-state index contributed by atoms with van der Waals surface area (Å²) in [5.41, 5.74) is 7.69. The van der Waals surface area contributed by atoms with E-state index in [-0.39, 0.29) is 5.41 Å². The summed E-state index contributed by atoms with van der Waals surface area (Å²) in [6.07, 6.45) is 16.0. The summed E-state index contributed by atoms with van der Waals surface area (Å²) in [7, 11) is 0. The van der Waals surface area contributed by atoms with Gasteiger partial charge in [-0.15, -0.1) is 6.58 Å². The van der Waals surface area contributed by atoms with Crippen molar-refractivity contribution in [3.05, 3.63) is 71.9 Å². The van der Waals surface area contributed by atoms with Crippen LogP contribution in [0.2, 0.25) is 0 Å². The number of rotatable bonds is 2. The van der Waals surface area contributed by atoms with E-state index in [0.29, 0.717) is 11.3 Å².